The van der Waals surface area contributed by atoms with E-state index >= 15 is 0 Å². The van der Waals surface area contributed by atoms with Gasteiger partial charge in [0.25, 0.3) is 0 Å². The Bertz CT molecular complexity index is 458. The molecule has 24 heavy (non-hydrogen) atoms. The molecule has 0 bridgehead atoms. The maximum atomic E-state index is 12.1. The van der Waals surface area contributed by atoms with Crippen molar-refractivity contribution in [1.29, 1.82) is 0 Å². The normalized spacial score (nSPS) is 31.1. The molecule has 3 atom stereocenters. The minimum atomic E-state index is 0.352. The van der Waals surface area contributed by atoms with Crippen molar-refractivity contribution in [1.82, 2.24) is 14.7 Å². The molecule has 0 aromatic carbocycles. The van der Waals surface area contributed by atoms with Gasteiger partial charge in [-0.15, -0.1) is 0 Å². The van der Waals surface area contributed by atoms with Crippen LogP contribution in [0.4, 0.5) is 0 Å². The van der Waals surface area contributed by atoms with E-state index in [1.165, 1.54) is 45.4 Å². The summed E-state index contributed by atoms with van der Waals surface area (Å²) in [4.78, 5) is 19.6. The Kier molecular flexibility index (Phi) is 5.27. The number of hydrogen-bond acceptors (Lipinski definition) is 3. The highest BCUT2D eigenvalue weighted by molar-refractivity contribution is 5.78. The second-order valence-electron chi connectivity index (χ2n) is 9.27. The third-order valence-electron chi connectivity index (χ3n) is 7.05. The minimum Gasteiger partial charge on any atom is -0.340 e. The van der Waals surface area contributed by atoms with Crippen LogP contribution in [0, 0.1) is 11.8 Å². The quantitative estimate of drug-likeness (QED) is 0.747. The second-order valence-corrected chi connectivity index (χ2v) is 9.27. The summed E-state index contributed by atoms with van der Waals surface area (Å²) in [5, 5.41) is 0. The van der Waals surface area contributed by atoms with Gasteiger partial charge in [-0.05, 0) is 85.4 Å². The Labute approximate surface area is 148 Å². The lowest BCUT2D eigenvalue weighted by molar-refractivity contribution is -0.129. The minimum absolute atomic E-state index is 0.352. The van der Waals surface area contributed by atoms with E-state index in [4.69, 9.17) is 0 Å². The molecular formula is C20H37N3O. The average Bonchev–Trinajstić information content (AvgIpc) is 3.03. The fraction of sp³-hybridized carbons (Fsp3) is 0.950. The predicted octanol–water partition coefficient (Wildman–Crippen LogP) is 2.83. The van der Waals surface area contributed by atoms with Gasteiger partial charge in [0.2, 0.25) is 5.91 Å². The number of amides is 1. The van der Waals surface area contributed by atoms with Crippen LogP contribution in [0.5, 0.6) is 0 Å². The largest absolute Gasteiger partial charge is 0.340 e. The molecule has 3 heterocycles. The highest BCUT2D eigenvalue weighted by atomic mass is 16.2. The van der Waals surface area contributed by atoms with E-state index in [1.807, 2.05) is 0 Å². The van der Waals surface area contributed by atoms with E-state index < -0.39 is 0 Å². The number of hydrogen-bond donors (Lipinski definition) is 0. The molecule has 3 rings (SSSR count). The van der Waals surface area contributed by atoms with Crippen molar-refractivity contribution in [2.45, 2.75) is 77.9 Å². The van der Waals surface area contributed by atoms with E-state index in [0.717, 1.165) is 18.9 Å². The van der Waals surface area contributed by atoms with Gasteiger partial charge in [-0.1, -0.05) is 0 Å². The monoisotopic (exact) mass is 335 g/mol. The molecular weight excluding hydrogens is 298 g/mol. The number of nitrogens with zero attached hydrogens (tertiary/aromatic N) is 3. The summed E-state index contributed by atoms with van der Waals surface area (Å²) in [5.74, 6) is 1.70. The van der Waals surface area contributed by atoms with Gasteiger partial charge < -0.3 is 9.80 Å². The fourth-order valence-electron chi connectivity index (χ4n) is 5.01. The van der Waals surface area contributed by atoms with Crippen molar-refractivity contribution in [3.05, 3.63) is 0 Å². The van der Waals surface area contributed by atoms with Gasteiger partial charge in [-0.2, -0.15) is 0 Å². The summed E-state index contributed by atoms with van der Waals surface area (Å²) >= 11 is 0. The van der Waals surface area contributed by atoms with Gasteiger partial charge in [0.1, 0.15) is 0 Å². The average molecular weight is 336 g/mol. The van der Waals surface area contributed by atoms with Crippen LogP contribution in [-0.4, -0.2) is 71.0 Å². The summed E-state index contributed by atoms with van der Waals surface area (Å²) in [6, 6.07) is 0.957. The molecule has 3 aliphatic rings. The molecule has 4 heteroatoms. The molecule has 0 aliphatic carbocycles. The molecule has 0 spiro atoms. The molecule has 3 fully saturated rings. The lowest BCUT2D eigenvalue weighted by Gasteiger charge is -2.48. The van der Waals surface area contributed by atoms with Gasteiger partial charge >= 0.3 is 0 Å². The standard InChI is InChI=1S/C20H37N3O/c1-15(2)23-13-17(12-19(23)24)11-16(3)21-10-7-18(14-21)20(4,5)22-8-6-9-22/h15-18H,6-14H2,1-5H3. The highest BCUT2D eigenvalue weighted by Gasteiger charge is 2.42. The number of rotatable bonds is 6. The molecule has 138 valence electrons. The maximum Gasteiger partial charge on any atom is 0.223 e. The number of carbonyl (C=O) groups is 1. The van der Waals surface area contributed by atoms with E-state index in [9.17, 15) is 4.79 Å². The lowest BCUT2D eigenvalue weighted by Crippen LogP contribution is -2.56. The van der Waals surface area contributed by atoms with Crippen LogP contribution in [0.3, 0.4) is 0 Å². The number of carbonyl (C=O) groups excluding carboxylic acids is 1. The van der Waals surface area contributed by atoms with Crippen LogP contribution in [-0.2, 0) is 4.79 Å². The van der Waals surface area contributed by atoms with Crippen molar-refractivity contribution in [2.75, 3.05) is 32.7 Å². The first-order chi connectivity index (χ1) is 11.3. The van der Waals surface area contributed by atoms with Crippen LogP contribution in [0.25, 0.3) is 0 Å². The Morgan fingerprint density at radius 1 is 1.12 bits per heavy atom. The molecule has 0 aromatic heterocycles. The number of likely N-dealkylation sites (tertiary alicyclic amines) is 3. The predicted molar refractivity (Wildman–Crippen MR) is 99.0 cm³/mol. The molecule has 0 aromatic rings. The lowest BCUT2D eigenvalue weighted by atomic mass is 9.83. The molecule has 3 saturated heterocycles. The SMILES string of the molecule is CC(CC1CC(=O)N(C(C)C)C1)N1CCC(C(C)(C)N2CCC2)C1. The van der Waals surface area contributed by atoms with Crippen molar-refractivity contribution < 1.29 is 4.79 Å². The van der Waals surface area contributed by atoms with Gasteiger partial charge in [-0.3, -0.25) is 9.69 Å². The molecule has 0 N–H and O–H groups in total. The summed E-state index contributed by atoms with van der Waals surface area (Å²) in [7, 11) is 0. The summed E-state index contributed by atoms with van der Waals surface area (Å²) in [6.07, 6.45) is 4.64. The molecule has 0 radical (unpaired) electrons. The Hall–Kier alpha value is -0.610. The zero-order valence-electron chi connectivity index (χ0n) is 16.4. The van der Waals surface area contributed by atoms with Crippen LogP contribution in [0.15, 0.2) is 0 Å². The topological polar surface area (TPSA) is 26.8 Å². The van der Waals surface area contributed by atoms with E-state index in [1.54, 1.807) is 0 Å². The van der Waals surface area contributed by atoms with E-state index in [-0.39, 0.29) is 0 Å². The summed E-state index contributed by atoms with van der Waals surface area (Å²) < 4.78 is 0. The van der Waals surface area contributed by atoms with Gasteiger partial charge in [-0.25, -0.2) is 0 Å². The van der Waals surface area contributed by atoms with Crippen LogP contribution < -0.4 is 0 Å². The zero-order valence-corrected chi connectivity index (χ0v) is 16.4. The fourth-order valence-corrected chi connectivity index (χ4v) is 5.01. The maximum absolute atomic E-state index is 12.1. The second kappa shape index (κ2) is 6.95. The van der Waals surface area contributed by atoms with Crippen molar-refractivity contribution in [2.24, 2.45) is 11.8 Å². The Morgan fingerprint density at radius 3 is 2.38 bits per heavy atom. The third kappa shape index (κ3) is 3.50. The van der Waals surface area contributed by atoms with Gasteiger partial charge in [0.05, 0.1) is 0 Å². The van der Waals surface area contributed by atoms with Crippen molar-refractivity contribution in [3.8, 4) is 0 Å². The third-order valence-corrected chi connectivity index (χ3v) is 7.05. The molecule has 3 aliphatic heterocycles. The van der Waals surface area contributed by atoms with E-state index in [2.05, 4.69) is 49.3 Å². The highest BCUT2D eigenvalue weighted by Crippen LogP contribution is 2.36. The molecule has 1 amide bonds. The van der Waals surface area contributed by atoms with Crippen molar-refractivity contribution in [3.63, 3.8) is 0 Å². The van der Waals surface area contributed by atoms with E-state index in [0.29, 0.717) is 29.4 Å². The first-order valence-corrected chi connectivity index (χ1v) is 10.1. The molecule has 3 unspecified atom stereocenters. The van der Waals surface area contributed by atoms with Gasteiger partial charge in [0.15, 0.2) is 0 Å². The molecule has 0 saturated carbocycles. The first-order valence-electron chi connectivity index (χ1n) is 10.1. The van der Waals surface area contributed by atoms with Crippen LogP contribution in [0.1, 0.15) is 60.3 Å². The zero-order chi connectivity index (χ0) is 17.5. The summed E-state index contributed by atoms with van der Waals surface area (Å²) in [6.45, 7) is 17.5. The first kappa shape index (κ1) is 18.2. The Morgan fingerprint density at radius 2 is 1.83 bits per heavy atom. The van der Waals surface area contributed by atoms with Crippen LogP contribution in [0.2, 0.25) is 0 Å². The molecule has 4 nitrogen and oxygen atoms in total. The smallest absolute Gasteiger partial charge is 0.223 e. The van der Waals surface area contributed by atoms with Gasteiger partial charge in [0, 0.05) is 37.1 Å². The summed E-state index contributed by atoms with van der Waals surface area (Å²) in [5.41, 5.74) is 0.352. The Balaban J connectivity index is 1.50. The van der Waals surface area contributed by atoms with Crippen molar-refractivity contribution >= 4 is 5.91 Å². The van der Waals surface area contributed by atoms with Crippen LogP contribution >= 0.6 is 0 Å².